The molecule has 2 aromatic rings. The van der Waals surface area contributed by atoms with Crippen LogP contribution in [0.3, 0.4) is 0 Å². The van der Waals surface area contributed by atoms with E-state index in [0.29, 0.717) is 5.57 Å². The maximum atomic E-state index is 11.9. The Kier molecular flexibility index (Phi) is 5.24. The summed E-state index contributed by atoms with van der Waals surface area (Å²) < 4.78 is 0. The number of carbonyl (C=O) groups is 1. The Morgan fingerprint density at radius 3 is 2.60 bits per heavy atom. The van der Waals surface area contributed by atoms with Crippen LogP contribution < -0.4 is 11.1 Å². The second-order valence-corrected chi connectivity index (χ2v) is 7.02. The summed E-state index contributed by atoms with van der Waals surface area (Å²) in [5, 5.41) is 4.03. The molecule has 2 aromatic carbocycles. The van der Waals surface area contributed by atoms with Crippen molar-refractivity contribution in [3.05, 3.63) is 82.6 Å². The van der Waals surface area contributed by atoms with E-state index in [1.807, 2.05) is 37.3 Å². The Hall–Kier alpha value is -2.53. The minimum atomic E-state index is -0.440. The van der Waals surface area contributed by atoms with Crippen LogP contribution >= 0.6 is 11.8 Å². The van der Waals surface area contributed by atoms with E-state index in [-0.39, 0.29) is 6.04 Å². The summed E-state index contributed by atoms with van der Waals surface area (Å²) in [6.07, 6.45) is 0. The zero-order valence-electron chi connectivity index (χ0n) is 14.3. The second-order valence-electron chi connectivity index (χ2n) is 6.05. The minimum Gasteiger partial charge on any atom is -0.366 e. The number of hydrogen-bond donors (Lipinski definition) is 2. The Labute approximate surface area is 152 Å². The average Bonchev–Trinajstić information content (AvgIpc) is 2.60. The number of thioether (sulfide) groups is 1. The first-order chi connectivity index (χ1) is 12.0. The highest BCUT2D eigenvalue weighted by Gasteiger charge is 2.27. The summed E-state index contributed by atoms with van der Waals surface area (Å²) in [7, 11) is 0. The third kappa shape index (κ3) is 4.12. The molecule has 1 amide bonds. The molecule has 1 aliphatic rings. The molecule has 3 rings (SSSR count). The molecule has 0 saturated carbocycles. The first kappa shape index (κ1) is 17.3. The molecule has 5 heteroatoms. The van der Waals surface area contributed by atoms with Gasteiger partial charge < -0.3 is 11.1 Å². The summed E-state index contributed by atoms with van der Waals surface area (Å²) >= 11 is 1.63. The van der Waals surface area contributed by atoms with Crippen LogP contribution in [0.2, 0.25) is 0 Å². The first-order valence-corrected chi connectivity index (χ1v) is 9.12. The topological polar surface area (TPSA) is 67.5 Å². The Morgan fingerprint density at radius 2 is 1.92 bits per heavy atom. The van der Waals surface area contributed by atoms with Gasteiger partial charge in [0.1, 0.15) is 6.04 Å². The van der Waals surface area contributed by atoms with Gasteiger partial charge in [0.25, 0.3) is 0 Å². The van der Waals surface area contributed by atoms with Crippen molar-refractivity contribution in [2.45, 2.75) is 25.6 Å². The highest BCUT2D eigenvalue weighted by atomic mass is 32.2. The van der Waals surface area contributed by atoms with E-state index in [4.69, 9.17) is 10.7 Å². The summed E-state index contributed by atoms with van der Waals surface area (Å²) in [5.74, 6) is 0.374. The number of amides is 1. The van der Waals surface area contributed by atoms with Gasteiger partial charge >= 0.3 is 0 Å². The second kappa shape index (κ2) is 7.57. The molecule has 1 aliphatic heterocycles. The van der Waals surface area contributed by atoms with Gasteiger partial charge in [-0.1, -0.05) is 71.9 Å². The third-order valence-corrected chi connectivity index (χ3v) is 5.02. The Bertz CT molecular complexity index is 843. The van der Waals surface area contributed by atoms with Crippen LogP contribution in [0.4, 0.5) is 0 Å². The van der Waals surface area contributed by atoms with Gasteiger partial charge in [-0.2, -0.15) is 0 Å². The van der Waals surface area contributed by atoms with Gasteiger partial charge in [0.2, 0.25) is 5.91 Å². The number of primary amides is 1. The van der Waals surface area contributed by atoms with Gasteiger partial charge in [-0.3, -0.25) is 4.79 Å². The average molecular weight is 351 g/mol. The molecule has 4 nitrogen and oxygen atoms in total. The lowest BCUT2D eigenvalue weighted by Crippen LogP contribution is -2.32. The number of aliphatic imine (C=N–C) groups is 1. The molecule has 1 unspecified atom stereocenters. The predicted octanol–water partition coefficient (Wildman–Crippen LogP) is 3.69. The zero-order chi connectivity index (χ0) is 17.8. The lowest BCUT2D eigenvalue weighted by molar-refractivity contribution is -0.114. The Balaban J connectivity index is 1.85. The van der Waals surface area contributed by atoms with E-state index in [2.05, 4.69) is 36.5 Å². The van der Waals surface area contributed by atoms with Crippen molar-refractivity contribution < 1.29 is 4.79 Å². The molecule has 0 bridgehead atoms. The molecule has 0 aliphatic carbocycles. The highest BCUT2D eigenvalue weighted by Crippen LogP contribution is 2.32. The monoisotopic (exact) mass is 351 g/mol. The molecular formula is C20H21N3OS. The zero-order valence-corrected chi connectivity index (χ0v) is 15.1. The van der Waals surface area contributed by atoms with Gasteiger partial charge in [-0.25, -0.2) is 4.99 Å². The number of amidine groups is 1. The van der Waals surface area contributed by atoms with Gasteiger partial charge in [-0.15, -0.1) is 0 Å². The fourth-order valence-electron chi connectivity index (χ4n) is 2.87. The smallest absolute Gasteiger partial charge is 0.248 e. The van der Waals surface area contributed by atoms with Crippen LogP contribution in [0.25, 0.3) is 0 Å². The summed E-state index contributed by atoms with van der Waals surface area (Å²) in [5.41, 5.74) is 10.3. The van der Waals surface area contributed by atoms with Crippen LogP contribution in [-0.2, 0) is 10.5 Å². The number of rotatable bonds is 4. The predicted molar refractivity (Wildman–Crippen MR) is 104 cm³/mol. The number of nitrogens with two attached hydrogens (primary N) is 1. The first-order valence-electron chi connectivity index (χ1n) is 8.13. The van der Waals surface area contributed by atoms with Crippen LogP contribution in [0.5, 0.6) is 0 Å². The summed E-state index contributed by atoms with van der Waals surface area (Å²) in [6.45, 7) is 3.96. The fraction of sp³-hybridized carbons (Fsp3) is 0.200. The van der Waals surface area contributed by atoms with E-state index >= 15 is 0 Å². The van der Waals surface area contributed by atoms with Crippen molar-refractivity contribution >= 4 is 22.8 Å². The molecule has 0 fully saturated rings. The van der Waals surface area contributed by atoms with E-state index in [0.717, 1.165) is 22.2 Å². The molecule has 0 aromatic heterocycles. The van der Waals surface area contributed by atoms with Crippen LogP contribution in [-0.4, -0.2) is 11.1 Å². The lowest BCUT2D eigenvalue weighted by Gasteiger charge is -2.25. The lowest BCUT2D eigenvalue weighted by atomic mass is 9.96. The number of carbonyl (C=O) groups excluding carboxylic acids is 1. The van der Waals surface area contributed by atoms with Crippen LogP contribution in [0.1, 0.15) is 29.7 Å². The van der Waals surface area contributed by atoms with Gasteiger partial charge in [0, 0.05) is 11.4 Å². The van der Waals surface area contributed by atoms with Crippen molar-refractivity contribution in [1.29, 1.82) is 0 Å². The van der Waals surface area contributed by atoms with Crippen LogP contribution in [0, 0.1) is 6.92 Å². The van der Waals surface area contributed by atoms with Crippen LogP contribution in [0.15, 0.2) is 70.9 Å². The van der Waals surface area contributed by atoms with E-state index < -0.39 is 5.91 Å². The number of nitrogens with zero attached hydrogens (tertiary/aromatic N) is 1. The molecule has 1 heterocycles. The third-order valence-electron chi connectivity index (χ3n) is 4.06. The van der Waals surface area contributed by atoms with E-state index in [9.17, 15) is 4.79 Å². The van der Waals surface area contributed by atoms with Crippen molar-refractivity contribution in [1.82, 2.24) is 5.32 Å². The fourth-order valence-corrected chi connectivity index (χ4v) is 3.76. The maximum Gasteiger partial charge on any atom is 0.248 e. The molecular weight excluding hydrogens is 330 g/mol. The largest absolute Gasteiger partial charge is 0.366 e. The van der Waals surface area contributed by atoms with Gasteiger partial charge in [0.05, 0.1) is 5.57 Å². The van der Waals surface area contributed by atoms with Crippen molar-refractivity contribution in [2.75, 3.05) is 0 Å². The SMILES string of the molecule is CC1=C(C(N)=O)C(c2ccccc2)N=C(SCc2cccc(C)c2)N1. The molecule has 25 heavy (non-hydrogen) atoms. The van der Waals surface area contributed by atoms with Crippen molar-refractivity contribution in [3.8, 4) is 0 Å². The molecule has 0 spiro atoms. The molecule has 1 atom stereocenters. The maximum absolute atomic E-state index is 11.9. The molecule has 128 valence electrons. The molecule has 0 radical (unpaired) electrons. The van der Waals surface area contributed by atoms with E-state index in [1.165, 1.54) is 11.1 Å². The van der Waals surface area contributed by atoms with Crippen molar-refractivity contribution in [3.63, 3.8) is 0 Å². The molecule has 3 N–H and O–H groups in total. The normalized spacial score (nSPS) is 17.0. The minimum absolute atomic E-state index is 0.361. The molecule has 0 saturated heterocycles. The number of benzene rings is 2. The Morgan fingerprint density at radius 1 is 1.16 bits per heavy atom. The highest BCUT2D eigenvalue weighted by molar-refractivity contribution is 8.13. The van der Waals surface area contributed by atoms with Crippen molar-refractivity contribution in [2.24, 2.45) is 10.7 Å². The number of nitrogens with one attached hydrogen (secondary N) is 1. The standard InChI is InChI=1S/C20H21N3OS/c1-13-7-6-8-15(11-13)12-25-20-22-14(2)17(19(21)24)18(23-20)16-9-4-3-5-10-16/h3-11,18H,12H2,1-2H3,(H2,21,24)(H,22,23). The number of hydrogen-bond acceptors (Lipinski definition) is 4. The number of allylic oxidation sites excluding steroid dienone is 1. The summed E-state index contributed by atoms with van der Waals surface area (Å²) in [4.78, 5) is 16.7. The quantitative estimate of drug-likeness (QED) is 0.883. The number of aryl methyl sites for hydroxylation is 1. The van der Waals surface area contributed by atoms with Gasteiger partial charge in [-0.05, 0) is 25.0 Å². The van der Waals surface area contributed by atoms with Gasteiger partial charge in [0.15, 0.2) is 5.17 Å². The summed E-state index contributed by atoms with van der Waals surface area (Å²) in [6, 6.07) is 17.8. The van der Waals surface area contributed by atoms with E-state index in [1.54, 1.807) is 11.8 Å².